The van der Waals surface area contributed by atoms with Crippen LogP contribution in [0.5, 0.6) is 5.75 Å². The minimum Gasteiger partial charge on any atom is -0.495 e. The van der Waals surface area contributed by atoms with Crippen molar-refractivity contribution in [3.63, 3.8) is 0 Å². The molecule has 9 heteroatoms. The lowest BCUT2D eigenvalue weighted by atomic mass is 10.2. The molecule has 6 nitrogen and oxygen atoms in total. The van der Waals surface area contributed by atoms with E-state index in [2.05, 4.69) is 5.32 Å². The molecular weight excluding hydrogens is 399 g/mol. The highest BCUT2D eigenvalue weighted by Crippen LogP contribution is 2.34. The summed E-state index contributed by atoms with van der Waals surface area (Å²) in [6.45, 7) is 1.47. The SMILES string of the molecule is COc1ccc(Cl)cc1N([C@H](C)C(=O)Nc1cccc(Cl)c1)S(C)(=O)=O. The average Bonchev–Trinajstić information content (AvgIpc) is 2.54. The summed E-state index contributed by atoms with van der Waals surface area (Å²) >= 11 is 11.9. The molecule has 0 heterocycles. The van der Waals surface area contributed by atoms with E-state index in [4.69, 9.17) is 27.9 Å². The summed E-state index contributed by atoms with van der Waals surface area (Å²) in [5.74, 6) is -0.248. The highest BCUT2D eigenvalue weighted by molar-refractivity contribution is 7.92. The third kappa shape index (κ3) is 4.81. The first-order valence-electron chi connectivity index (χ1n) is 7.53. The molecule has 0 saturated carbocycles. The van der Waals surface area contributed by atoms with E-state index in [0.29, 0.717) is 15.7 Å². The smallest absolute Gasteiger partial charge is 0.247 e. The Bertz CT molecular complexity index is 919. The average molecular weight is 417 g/mol. The Morgan fingerprint density at radius 1 is 1.15 bits per heavy atom. The Morgan fingerprint density at radius 2 is 1.81 bits per heavy atom. The van der Waals surface area contributed by atoms with Gasteiger partial charge in [0.15, 0.2) is 0 Å². The summed E-state index contributed by atoms with van der Waals surface area (Å²) in [7, 11) is -2.40. The summed E-state index contributed by atoms with van der Waals surface area (Å²) in [6, 6.07) is 10.1. The van der Waals surface area contributed by atoms with E-state index in [-0.39, 0.29) is 11.4 Å². The van der Waals surface area contributed by atoms with Crippen molar-refractivity contribution in [2.24, 2.45) is 0 Å². The van der Waals surface area contributed by atoms with Gasteiger partial charge < -0.3 is 10.1 Å². The van der Waals surface area contributed by atoms with E-state index >= 15 is 0 Å². The number of hydrogen-bond acceptors (Lipinski definition) is 4. The Kier molecular flexibility index (Phi) is 6.39. The van der Waals surface area contributed by atoms with E-state index in [1.807, 2.05) is 0 Å². The van der Waals surface area contributed by atoms with Crippen molar-refractivity contribution in [1.82, 2.24) is 0 Å². The van der Waals surface area contributed by atoms with Crippen molar-refractivity contribution in [2.75, 3.05) is 23.0 Å². The van der Waals surface area contributed by atoms with Crippen LogP contribution in [-0.2, 0) is 14.8 Å². The van der Waals surface area contributed by atoms with Gasteiger partial charge in [0, 0.05) is 15.7 Å². The summed E-state index contributed by atoms with van der Waals surface area (Å²) in [6.07, 6.45) is 1.01. The zero-order valence-electron chi connectivity index (χ0n) is 14.4. The minimum atomic E-state index is -3.80. The fraction of sp³-hybridized carbons (Fsp3) is 0.235. The van der Waals surface area contributed by atoms with Gasteiger partial charge in [-0.3, -0.25) is 9.10 Å². The molecule has 2 aromatic rings. The maximum Gasteiger partial charge on any atom is 0.247 e. The fourth-order valence-electron chi connectivity index (χ4n) is 2.43. The van der Waals surface area contributed by atoms with Crippen molar-refractivity contribution in [3.8, 4) is 5.75 Å². The number of hydrogen-bond donors (Lipinski definition) is 1. The molecule has 0 fully saturated rings. The molecule has 1 amide bonds. The number of methoxy groups -OCH3 is 1. The third-order valence-corrected chi connectivity index (χ3v) is 5.26. The van der Waals surface area contributed by atoms with Crippen LogP contribution in [0, 0.1) is 0 Å². The fourth-order valence-corrected chi connectivity index (χ4v) is 3.96. The second kappa shape index (κ2) is 8.16. The van der Waals surface area contributed by atoms with Gasteiger partial charge in [0.05, 0.1) is 19.1 Å². The van der Waals surface area contributed by atoms with Gasteiger partial charge in [-0.2, -0.15) is 0 Å². The molecular formula is C17H18Cl2N2O4S. The molecule has 0 aliphatic carbocycles. The van der Waals surface area contributed by atoms with E-state index in [0.717, 1.165) is 10.6 Å². The van der Waals surface area contributed by atoms with Crippen LogP contribution in [0.2, 0.25) is 10.0 Å². The van der Waals surface area contributed by atoms with Gasteiger partial charge in [0.2, 0.25) is 15.9 Å². The summed E-state index contributed by atoms with van der Waals surface area (Å²) in [5.41, 5.74) is 0.636. The normalized spacial score (nSPS) is 12.3. The first-order chi connectivity index (χ1) is 12.1. The molecule has 2 aromatic carbocycles. The number of benzene rings is 2. The van der Waals surface area contributed by atoms with Crippen molar-refractivity contribution >= 4 is 50.5 Å². The highest BCUT2D eigenvalue weighted by atomic mass is 35.5. The second-order valence-electron chi connectivity index (χ2n) is 5.55. The first-order valence-corrected chi connectivity index (χ1v) is 10.1. The second-order valence-corrected chi connectivity index (χ2v) is 8.28. The number of carbonyl (C=O) groups excluding carboxylic acids is 1. The van der Waals surface area contributed by atoms with Gasteiger partial charge in [-0.05, 0) is 43.3 Å². The van der Waals surface area contributed by atoms with Crippen LogP contribution >= 0.6 is 23.2 Å². The molecule has 140 valence electrons. The highest BCUT2D eigenvalue weighted by Gasteiger charge is 2.31. The number of halogens is 2. The van der Waals surface area contributed by atoms with E-state index in [1.54, 1.807) is 30.3 Å². The van der Waals surface area contributed by atoms with Crippen molar-refractivity contribution in [1.29, 1.82) is 0 Å². The van der Waals surface area contributed by atoms with Crippen LogP contribution in [-0.4, -0.2) is 33.7 Å². The number of nitrogens with one attached hydrogen (secondary N) is 1. The van der Waals surface area contributed by atoms with Crippen LogP contribution in [0.4, 0.5) is 11.4 Å². The molecule has 1 N–H and O–H groups in total. The Hall–Kier alpha value is -1.96. The molecule has 1 atom stereocenters. The standard InChI is InChI=1S/C17H18Cl2N2O4S/c1-11(17(22)20-14-6-4-5-12(18)9-14)21(26(3,23)24)15-10-13(19)7-8-16(15)25-2/h4-11H,1-3H3,(H,20,22)/t11-/m1/s1. The van der Waals surface area contributed by atoms with Gasteiger partial charge in [0.25, 0.3) is 0 Å². The van der Waals surface area contributed by atoms with Crippen LogP contribution in [0.3, 0.4) is 0 Å². The van der Waals surface area contributed by atoms with Crippen LogP contribution < -0.4 is 14.4 Å². The lowest BCUT2D eigenvalue weighted by Crippen LogP contribution is -2.45. The molecule has 0 saturated heterocycles. The summed E-state index contributed by atoms with van der Waals surface area (Å²) < 4.78 is 31.0. The minimum absolute atomic E-state index is 0.177. The zero-order chi connectivity index (χ0) is 19.5. The number of carbonyl (C=O) groups is 1. The first kappa shape index (κ1) is 20.4. The van der Waals surface area contributed by atoms with E-state index in [1.165, 1.54) is 26.2 Å². The predicted molar refractivity (Wildman–Crippen MR) is 105 cm³/mol. The van der Waals surface area contributed by atoms with Gasteiger partial charge in [-0.15, -0.1) is 0 Å². The lowest BCUT2D eigenvalue weighted by molar-refractivity contribution is -0.116. The molecule has 0 aliphatic heterocycles. The maximum absolute atomic E-state index is 12.6. The molecule has 0 aromatic heterocycles. The largest absolute Gasteiger partial charge is 0.495 e. The van der Waals surface area contributed by atoms with Crippen molar-refractivity contribution in [2.45, 2.75) is 13.0 Å². The molecule has 2 rings (SSSR count). The third-order valence-electron chi connectivity index (χ3n) is 3.56. The zero-order valence-corrected chi connectivity index (χ0v) is 16.7. The Balaban J connectivity index is 2.41. The predicted octanol–water partition coefficient (Wildman–Crippen LogP) is 3.80. The topological polar surface area (TPSA) is 75.7 Å². The molecule has 0 spiro atoms. The van der Waals surface area contributed by atoms with E-state index in [9.17, 15) is 13.2 Å². The monoisotopic (exact) mass is 416 g/mol. The summed E-state index contributed by atoms with van der Waals surface area (Å²) in [5, 5.41) is 3.42. The Labute approximate surface area is 162 Å². The lowest BCUT2D eigenvalue weighted by Gasteiger charge is -2.29. The van der Waals surface area contributed by atoms with Crippen LogP contribution in [0.15, 0.2) is 42.5 Å². The molecule has 0 unspecified atom stereocenters. The molecule has 0 aliphatic rings. The van der Waals surface area contributed by atoms with Gasteiger partial charge in [-0.1, -0.05) is 29.3 Å². The van der Waals surface area contributed by atoms with Gasteiger partial charge >= 0.3 is 0 Å². The molecule has 26 heavy (non-hydrogen) atoms. The molecule has 0 radical (unpaired) electrons. The number of anilines is 2. The number of nitrogens with zero attached hydrogens (tertiary/aromatic N) is 1. The maximum atomic E-state index is 12.6. The van der Waals surface area contributed by atoms with Crippen LogP contribution in [0.25, 0.3) is 0 Å². The van der Waals surface area contributed by atoms with Crippen molar-refractivity contribution < 1.29 is 17.9 Å². The number of sulfonamides is 1. The van der Waals surface area contributed by atoms with Gasteiger partial charge in [-0.25, -0.2) is 8.42 Å². The summed E-state index contributed by atoms with van der Waals surface area (Å²) in [4.78, 5) is 12.6. The number of amides is 1. The van der Waals surface area contributed by atoms with Gasteiger partial charge in [0.1, 0.15) is 11.8 Å². The van der Waals surface area contributed by atoms with E-state index < -0.39 is 22.0 Å². The Morgan fingerprint density at radius 3 is 2.38 bits per heavy atom. The molecule has 0 bridgehead atoms. The van der Waals surface area contributed by atoms with Crippen LogP contribution in [0.1, 0.15) is 6.92 Å². The quantitative estimate of drug-likeness (QED) is 0.776. The number of rotatable bonds is 6. The number of ether oxygens (including phenoxy) is 1. The van der Waals surface area contributed by atoms with Crippen molar-refractivity contribution in [3.05, 3.63) is 52.5 Å².